The largest absolute Gasteiger partial charge is 0.458 e. The second-order valence-corrected chi connectivity index (χ2v) is 8.94. The molecule has 1 atom stereocenters. The first-order valence-electron chi connectivity index (χ1n) is 10.6. The highest BCUT2D eigenvalue weighted by atomic mass is 16.6. The van der Waals surface area contributed by atoms with Crippen molar-refractivity contribution >= 4 is 29.2 Å². The molecule has 1 saturated heterocycles. The van der Waals surface area contributed by atoms with Crippen LogP contribution in [0, 0.1) is 17.0 Å². The van der Waals surface area contributed by atoms with Gasteiger partial charge in [-0.2, -0.15) is 0 Å². The van der Waals surface area contributed by atoms with Crippen LogP contribution < -0.4 is 4.90 Å². The lowest BCUT2D eigenvalue weighted by molar-refractivity contribution is -0.384. The molecule has 9 heteroatoms. The van der Waals surface area contributed by atoms with Crippen LogP contribution in [0.2, 0.25) is 0 Å². The fourth-order valence-electron chi connectivity index (χ4n) is 3.71. The van der Waals surface area contributed by atoms with E-state index in [1.54, 1.807) is 33.8 Å². The van der Waals surface area contributed by atoms with Crippen LogP contribution in [-0.2, 0) is 25.5 Å². The van der Waals surface area contributed by atoms with E-state index in [0.29, 0.717) is 5.56 Å². The molecule has 3 rings (SSSR count). The van der Waals surface area contributed by atoms with Crippen molar-refractivity contribution in [2.45, 2.75) is 45.8 Å². The van der Waals surface area contributed by atoms with Crippen molar-refractivity contribution in [3.63, 3.8) is 0 Å². The van der Waals surface area contributed by atoms with Gasteiger partial charge in [-0.25, -0.2) is 4.79 Å². The lowest BCUT2D eigenvalue weighted by Gasteiger charge is -2.38. The molecule has 1 aliphatic rings. The quantitative estimate of drug-likeness (QED) is 0.288. The monoisotopic (exact) mass is 453 g/mol. The van der Waals surface area contributed by atoms with Gasteiger partial charge < -0.3 is 9.64 Å². The number of rotatable bonds is 6. The molecule has 2 amide bonds. The summed E-state index contributed by atoms with van der Waals surface area (Å²) in [5, 5.41) is 11.5. The summed E-state index contributed by atoms with van der Waals surface area (Å²) >= 11 is 0. The Hall–Kier alpha value is -3.75. The Bertz CT molecular complexity index is 1080. The summed E-state index contributed by atoms with van der Waals surface area (Å²) < 4.78 is 5.54. The summed E-state index contributed by atoms with van der Waals surface area (Å²) in [7, 11) is 0. The summed E-state index contributed by atoms with van der Waals surface area (Å²) in [6.45, 7) is 6.98. The van der Waals surface area contributed by atoms with Gasteiger partial charge in [0.2, 0.25) is 0 Å². The number of ether oxygens (including phenoxy) is 1. The van der Waals surface area contributed by atoms with Crippen LogP contribution in [0.15, 0.2) is 48.5 Å². The second kappa shape index (κ2) is 9.40. The Labute approximate surface area is 192 Å². The van der Waals surface area contributed by atoms with Crippen molar-refractivity contribution in [3.05, 3.63) is 69.8 Å². The van der Waals surface area contributed by atoms with Gasteiger partial charge in [0.15, 0.2) is 0 Å². The molecule has 2 aromatic carbocycles. The first-order chi connectivity index (χ1) is 15.5. The predicted octanol–water partition coefficient (Wildman–Crippen LogP) is 3.03. The molecule has 0 spiro atoms. The standard InChI is InChI=1S/C24H27N3O6/c1-16-10-11-18(27(31)32)19(14-16)25-12-13-26(22(29)21(25)28)20(23(30)33-24(2,3)4)15-17-8-6-5-7-9-17/h5-11,14,20H,12-13,15H2,1-4H3/t20-/m0/s1. The fourth-order valence-corrected chi connectivity index (χ4v) is 3.71. The van der Waals surface area contributed by atoms with E-state index in [0.717, 1.165) is 10.5 Å². The minimum absolute atomic E-state index is 0.0168. The van der Waals surface area contributed by atoms with Gasteiger partial charge in [-0.1, -0.05) is 36.4 Å². The van der Waals surface area contributed by atoms with Crippen LogP contribution in [0.4, 0.5) is 11.4 Å². The number of nitro groups is 1. The van der Waals surface area contributed by atoms with Crippen LogP contribution in [-0.4, -0.2) is 52.3 Å². The zero-order valence-corrected chi connectivity index (χ0v) is 19.1. The maximum absolute atomic E-state index is 13.1. The molecular formula is C24H27N3O6. The average molecular weight is 453 g/mol. The molecule has 0 aliphatic carbocycles. The minimum Gasteiger partial charge on any atom is -0.458 e. The van der Waals surface area contributed by atoms with E-state index in [9.17, 15) is 24.5 Å². The number of amides is 2. The Balaban J connectivity index is 1.91. The van der Waals surface area contributed by atoms with E-state index in [1.807, 2.05) is 30.3 Å². The summed E-state index contributed by atoms with van der Waals surface area (Å²) in [6, 6.07) is 12.5. The normalized spacial score (nSPS) is 15.4. The molecule has 1 heterocycles. The Morgan fingerprint density at radius 2 is 1.76 bits per heavy atom. The third-order valence-electron chi connectivity index (χ3n) is 5.20. The molecular weight excluding hydrogens is 426 g/mol. The van der Waals surface area contributed by atoms with E-state index < -0.39 is 34.3 Å². The Kier molecular flexibility index (Phi) is 6.81. The molecule has 174 valence electrons. The molecule has 33 heavy (non-hydrogen) atoms. The number of carbonyl (C=O) groups is 3. The van der Waals surface area contributed by atoms with Gasteiger partial charge in [-0.05, 0) is 44.9 Å². The smallest absolute Gasteiger partial charge is 0.329 e. The highest BCUT2D eigenvalue weighted by Crippen LogP contribution is 2.31. The maximum atomic E-state index is 13.1. The van der Waals surface area contributed by atoms with Crippen LogP contribution in [0.25, 0.3) is 0 Å². The molecule has 0 radical (unpaired) electrons. The average Bonchev–Trinajstić information content (AvgIpc) is 2.73. The molecule has 1 fully saturated rings. The van der Waals surface area contributed by atoms with Crippen molar-refractivity contribution in [2.24, 2.45) is 0 Å². The van der Waals surface area contributed by atoms with Gasteiger partial charge in [-0.15, -0.1) is 0 Å². The number of hydrogen-bond acceptors (Lipinski definition) is 6. The molecule has 9 nitrogen and oxygen atoms in total. The van der Waals surface area contributed by atoms with Gasteiger partial charge in [0.1, 0.15) is 17.3 Å². The van der Waals surface area contributed by atoms with Crippen molar-refractivity contribution < 1.29 is 24.0 Å². The van der Waals surface area contributed by atoms with Crippen LogP contribution in [0.1, 0.15) is 31.9 Å². The van der Waals surface area contributed by atoms with Gasteiger partial charge in [-0.3, -0.25) is 24.6 Å². The van der Waals surface area contributed by atoms with Crippen LogP contribution in [0.3, 0.4) is 0 Å². The first-order valence-corrected chi connectivity index (χ1v) is 10.6. The fraction of sp³-hybridized carbons (Fsp3) is 0.375. The van der Waals surface area contributed by atoms with E-state index in [-0.39, 0.29) is 30.9 Å². The third kappa shape index (κ3) is 5.54. The van der Waals surface area contributed by atoms with E-state index in [2.05, 4.69) is 0 Å². The third-order valence-corrected chi connectivity index (χ3v) is 5.20. The van der Waals surface area contributed by atoms with Gasteiger partial charge >= 0.3 is 17.8 Å². The zero-order valence-electron chi connectivity index (χ0n) is 19.1. The molecule has 2 aromatic rings. The summed E-state index contributed by atoms with van der Waals surface area (Å²) in [4.78, 5) is 52.4. The number of esters is 1. The number of anilines is 1. The Morgan fingerprint density at radius 3 is 2.36 bits per heavy atom. The minimum atomic E-state index is -1.00. The number of nitrogens with zero attached hydrogens (tertiary/aromatic N) is 3. The van der Waals surface area contributed by atoms with Crippen LogP contribution in [0.5, 0.6) is 0 Å². The summed E-state index contributed by atoms with van der Waals surface area (Å²) in [5.41, 5.74) is 0.556. The topological polar surface area (TPSA) is 110 Å². The van der Waals surface area contributed by atoms with Gasteiger partial charge in [0.25, 0.3) is 5.69 Å². The van der Waals surface area contributed by atoms with Crippen molar-refractivity contribution in [1.29, 1.82) is 0 Å². The molecule has 0 aromatic heterocycles. The van der Waals surface area contributed by atoms with Crippen molar-refractivity contribution in [2.75, 3.05) is 18.0 Å². The molecule has 0 bridgehead atoms. The zero-order chi connectivity index (χ0) is 24.3. The van der Waals surface area contributed by atoms with Gasteiger partial charge in [0.05, 0.1) is 4.92 Å². The van der Waals surface area contributed by atoms with Crippen molar-refractivity contribution in [3.8, 4) is 0 Å². The molecule has 0 saturated carbocycles. The predicted molar refractivity (Wildman–Crippen MR) is 122 cm³/mol. The summed E-state index contributed by atoms with van der Waals surface area (Å²) in [5.74, 6) is -2.43. The lowest BCUT2D eigenvalue weighted by atomic mass is 10.0. The lowest BCUT2D eigenvalue weighted by Crippen LogP contribution is -2.60. The Morgan fingerprint density at radius 1 is 1.09 bits per heavy atom. The second-order valence-electron chi connectivity index (χ2n) is 8.94. The number of nitro benzene ring substituents is 1. The van der Waals surface area contributed by atoms with E-state index in [4.69, 9.17) is 4.74 Å². The van der Waals surface area contributed by atoms with E-state index >= 15 is 0 Å². The number of piperazine rings is 1. The summed E-state index contributed by atoms with van der Waals surface area (Å²) in [6.07, 6.45) is 0.180. The number of aryl methyl sites for hydroxylation is 1. The van der Waals surface area contributed by atoms with Crippen LogP contribution >= 0.6 is 0 Å². The molecule has 1 aliphatic heterocycles. The highest BCUT2D eigenvalue weighted by Gasteiger charge is 2.42. The number of benzene rings is 2. The SMILES string of the molecule is Cc1ccc([N+](=O)[O-])c(N2CCN([C@@H](Cc3ccccc3)C(=O)OC(C)(C)C)C(=O)C2=O)c1. The molecule has 0 N–H and O–H groups in total. The number of carbonyl (C=O) groups excluding carboxylic acids is 3. The molecule has 0 unspecified atom stereocenters. The first kappa shape index (κ1) is 23.9. The van der Waals surface area contributed by atoms with Gasteiger partial charge in [0, 0.05) is 25.6 Å². The highest BCUT2D eigenvalue weighted by molar-refractivity contribution is 6.41. The van der Waals surface area contributed by atoms with Crippen molar-refractivity contribution in [1.82, 2.24) is 4.90 Å². The maximum Gasteiger partial charge on any atom is 0.329 e. The van der Waals surface area contributed by atoms with E-state index in [1.165, 1.54) is 17.0 Å². The number of hydrogen-bond donors (Lipinski definition) is 0.